The molecule has 1 unspecified atom stereocenters. The molecule has 0 saturated carbocycles. The van der Waals surface area contributed by atoms with Crippen molar-refractivity contribution >= 4 is 43.1 Å². The summed E-state index contributed by atoms with van der Waals surface area (Å²) < 4.78 is 0. The van der Waals surface area contributed by atoms with Crippen molar-refractivity contribution in [3.8, 4) is 0 Å². The first-order chi connectivity index (χ1) is 11.1. The van der Waals surface area contributed by atoms with Crippen LogP contribution in [-0.4, -0.2) is 54.5 Å². The maximum absolute atomic E-state index is 11.6. The Morgan fingerprint density at radius 1 is 1.04 bits per heavy atom. The number of nitrogens with two attached hydrogens (primary N) is 1. The minimum absolute atomic E-state index is 0. The first kappa shape index (κ1) is 27.7. The van der Waals surface area contributed by atoms with Crippen molar-refractivity contribution in [2.24, 2.45) is 5.73 Å². The third kappa shape index (κ3) is 9.95. The van der Waals surface area contributed by atoms with Gasteiger partial charge in [0.25, 0.3) is 0 Å². The van der Waals surface area contributed by atoms with Gasteiger partial charge in [0, 0.05) is 51.7 Å². The van der Waals surface area contributed by atoms with Gasteiger partial charge < -0.3 is 16.0 Å². The number of halogens is 3. The highest BCUT2D eigenvalue weighted by molar-refractivity contribution is 5.86. The van der Waals surface area contributed by atoms with Crippen LogP contribution in [-0.2, 0) is 17.9 Å². The lowest BCUT2D eigenvalue weighted by atomic mass is 10.1. The zero-order valence-corrected chi connectivity index (χ0v) is 18.1. The summed E-state index contributed by atoms with van der Waals surface area (Å²) in [6.07, 6.45) is 0.377. The van der Waals surface area contributed by atoms with Gasteiger partial charge in [-0.25, -0.2) is 0 Å². The number of carbonyl (C=O) groups excluding carboxylic acids is 1. The van der Waals surface area contributed by atoms with Crippen molar-refractivity contribution < 1.29 is 4.79 Å². The van der Waals surface area contributed by atoms with Gasteiger partial charge in [0.2, 0.25) is 5.91 Å². The maximum atomic E-state index is 11.6. The van der Waals surface area contributed by atoms with E-state index in [9.17, 15) is 4.79 Å². The van der Waals surface area contributed by atoms with E-state index in [0.717, 1.165) is 31.7 Å². The molecule has 1 aliphatic rings. The first-order valence-corrected chi connectivity index (χ1v) is 8.61. The molecule has 152 valence electrons. The van der Waals surface area contributed by atoms with E-state index >= 15 is 0 Å². The van der Waals surface area contributed by atoms with E-state index in [2.05, 4.69) is 46.3 Å². The number of hydrogen-bond acceptors (Lipinski definition) is 4. The molecule has 0 radical (unpaired) electrons. The normalized spacial score (nSPS) is 15.8. The lowest BCUT2D eigenvalue weighted by Gasteiger charge is -2.34. The van der Waals surface area contributed by atoms with E-state index in [1.54, 1.807) is 0 Å². The van der Waals surface area contributed by atoms with E-state index in [-0.39, 0.29) is 49.2 Å². The van der Waals surface area contributed by atoms with Crippen LogP contribution in [0, 0.1) is 0 Å². The summed E-state index contributed by atoms with van der Waals surface area (Å²) >= 11 is 0. The number of piperazine rings is 1. The van der Waals surface area contributed by atoms with Crippen molar-refractivity contribution in [2.75, 3.05) is 32.7 Å². The van der Waals surface area contributed by atoms with Gasteiger partial charge in [0.05, 0.1) is 0 Å². The Balaban J connectivity index is 0. The third-order valence-corrected chi connectivity index (χ3v) is 4.34. The molecule has 0 bridgehead atoms. The molecule has 0 aliphatic carbocycles. The summed E-state index contributed by atoms with van der Waals surface area (Å²) in [7, 11) is 0. The Bertz CT molecular complexity index is 492. The van der Waals surface area contributed by atoms with Crippen molar-refractivity contribution in [2.45, 2.75) is 39.4 Å². The molecule has 1 atom stereocenters. The minimum Gasteiger partial charge on any atom is -0.352 e. The molecular weight excluding hydrogens is 395 g/mol. The molecule has 1 aromatic carbocycles. The maximum Gasteiger partial charge on any atom is 0.221 e. The molecule has 5 nitrogen and oxygen atoms in total. The molecule has 0 spiro atoms. The topological polar surface area (TPSA) is 61.6 Å². The number of carbonyl (C=O) groups is 1. The van der Waals surface area contributed by atoms with Gasteiger partial charge in [-0.2, -0.15) is 0 Å². The van der Waals surface area contributed by atoms with E-state index in [4.69, 9.17) is 5.73 Å². The molecule has 1 fully saturated rings. The van der Waals surface area contributed by atoms with Crippen molar-refractivity contribution in [1.82, 2.24) is 15.1 Å². The summed E-state index contributed by atoms with van der Waals surface area (Å²) in [5.74, 6) is 0.0119. The van der Waals surface area contributed by atoms with E-state index < -0.39 is 0 Å². The summed E-state index contributed by atoms with van der Waals surface area (Å²) in [5.41, 5.74) is 8.08. The zero-order valence-electron chi connectivity index (χ0n) is 15.6. The first-order valence-electron chi connectivity index (χ1n) is 8.61. The molecule has 3 N–H and O–H groups in total. The average Bonchev–Trinajstić information content (AvgIpc) is 2.54. The van der Waals surface area contributed by atoms with Crippen molar-refractivity contribution in [3.05, 3.63) is 35.4 Å². The smallest absolute Gasteiger partial charge is 0.221 e. The van der Waals surface area contributed by atoms with Crippen LogP contribution in [0.3, 0.4) is 0 Å². The van der Waals surface area contributed by atoms with Crippen molar-refractivity contribution in [1.29, 1.82) is 0 Å². The summed E-state index contributed by atoms with van der Waals surface area (Å²) in [6.45, 7) is 11.4. The monoisotopic (exact) mass is 426 g/mol. The highest BCUT2D eigenvalue weighted by Gasteiger charge is 2.15. The third-order valence-electron chi connectivity index (χ3n) is 4.34. The molecule has 1 heterocycles. The number of hydrogen-bond donors (Lipinski definition) is 2. The van der Waals surface area contributed by atoms with Crippen LogP contribution in [0.1, 0.15) is 31.4 Å². The molecule has 1 saturated heterocycles. The van der Waals surface area contributed by atoms with Gasteiger partial charge in [0.1, 0.15) is 0 Å². The van der Waals surface area contributed by atoms with Gasteiger partial charge in [-0.1, -0.05) is 31.2 Å². The van der Waals surface area contributed by atoms with Crippen LogP contribution in [0.4, 0.5) is 0 Å². The van der Waals surface area contributed by atoms with Gasteiger partial charge in [0.15, 0.2) is 0 Å². The second-order valence-corrected chi connectivity index (χ2v) is 6.49. The number of rotatable bonds is 7. The van der Waals surface area contributed by atoms with E-state index in [1.807, 2.05) is 6.92 Å². The number of nitrogens with one attached hydrogen (secondary N) is 1. The lowest BCUT2D eigenvalue weighted by molar-refractivity contribution is -0.121. The highest BCUT2D eigenvalue weighted by Crippen LogP contribution is 2.10. The fraction of sp³-hybridized carbons (Fsp3) is 0.611. The molecular formula is C18H33Cl3N4O. The number of amides is 1. The molecule has 1 amide bonds. The second kappa shape index (κ2) is 14.5. The Labute approximate surface area is 176 Å². The number of nitrogens with zero attached hydrogens (tertiary/aromatic N) is 2. The minimum atomic E-state index is -0.0921. The highest BCUT2D eigenvalue weighted by atomic mass is 35.5. The molecule has 0 aromatic heterocycles. The van der Waals surface area contributed by atoms with Gasteiger partial charge >= 0.3 is 0 Å². The largest absolute Gasteiger partial charge is 0.352 e. The van der Waals surface area contributed by atoms with Crippen LogP contribution >= 0.6 is 37.2 Å². The molecule has 26 heavy (non-hydrogen) atoms. The van der Waals surface area contributed by atoms with Crippen LogP contribution < -0.4 is 11.1 Å². The molecule has 8 heteroatoms. The Hall–Kier alpha value is -0.560. The van der Waals surface area contributed by atoms with E-state index in [1.165, 1.54) is 18.7 Å². The molecule has 1 aromatic rings. The molecule has 2 rings (SSSR count). The fourth-order valence-electron chi connectivity index (χ4n) is 2.85. The number of likely N-dealkylation sites (N-methyl/N-ethyl adjacent to an activating group) is 1. The SMILES string of the molecule is CCN1CCN(Cc2ccc(CNC(=O)CC(C)N)cc2)CC1.Cl.Cl.Cl. The quantitative estimate of drug-likeness (QED) is 0.701. The van der Waals surface area contributed by atoms with Crippen LogP contribution in [0.5, 0.6) is 0 Å². The van der Waals surface area contributed by atoms with Crippen LogP contribution in [0.2, 0.25) is 0 Å². The standard InChI is InChI=1S/C18H30N4O.3ClH/c1-3-21-8-10-22(11-9-21)14-17-6-4-16(5-7-17)13-20-18(23)12-15(2)19;;;/h4-7,15H,3,8-14,19H2,1-2H3,(H,20,23);3*1H. The predicted molar refractivity (Wildman–Crippen MR) is 116 cm³/mol. The van der Waals surface area contributed by atoms with Crippen molar-refractivity contribution in [3.63, 3.8) is 0 Å². The van der Waals surface area contributed by atoms with Gasteiger partial charge in [-0.05, 0) is 24.6 Å². The Morgan fingerprint density at radius 2 is 1.54 bits per heavy atom. The average molecular weight is 428 g/mol. The summed E-state index contributed by atoms with van der Waals surface area (Å²) in [5, 5.41) is 2.91. The number of benzene rings is 1. The van der Waals surface area contributed by atoms with Gasteiger partial charge in [-0.3, -0.25) is 9.69 Å². The zero-order chi connectivity index (χ0) is 16.7. The lowest BCUT2D eigenvalue weighted by Crippen LogP contribution is -2.45. The Morgan fingerprint density at radius 3 is 2.04 bits per heavy atom. The van der Waals surface area contributed by atoms with Crippen LogP contribution in [0.25, 0.3) is 0 Å². The van der Waals surface area contributed by atoms with E-state index in [0.29, 0.717) is 13.0 Å². The predicted octanol–water partition coefficient (Wildman–Crippen LogP) is 2.44. The summed E-state index contributed by atoms with van der Waals surface area (Å²) in [4.78, 5) is 16.6. The second-order valence-electron chi connectivity index (χ2n) is 6.49. The van der Waals surface area contributed by atoms with Gasteiger partial charge in [-0.15, -0.1) is 37.2 Å². The van der Waals surface area contributed by atoms with Crippen LogP contribution in [0.15, 0.2) is 24.3 Å². The Kier molecular flexibility index (Phi) is 15.4. The fourth-order valence-corrected chi connectivity index (χ4v) is 2.85. The molecule has 1 aliphatic heterocycles. The summed E-state index contributed by atoms with van der Waals surface area (Å²) in [6, 6.07) is 8.44.